The van der Waals surface area contributed by atoms with Crippen molar-refractivity contribution in [2.24, 2.45) is 5.16 Å². The molecule has 1 N–H and O–H groups in total. The summed E-state index contributed by atoms with van der Waals surface area (Å²) in [6.45, 7) is 0. The first-order valence-electron chi connectivity index (χ1n) is 2.91. The minimum Gasteiger partial charge on any atom is -0.467 e. The van der Waals surface area contributed by atoms with Gasteiger partial charge in [-0.25, -0.2) is 4.98 Å². The van der Waals surface area contributed by atoms with Crippen LogP contribution in [0.4, 0.5) is 0 Å². The molecule has 1 aromatic heterocycles. The molecule has 0 radical (unpaired) electrons. The number of hydrogen-bond donors (Lipinski definition) is 1. The molecule has 0 aliphatic heterocycles. The topological polar surface area (TPSA) is 67.6 Å². The zero-order valence-corrected chi connectivity index (χ0v) is 5.93. The van der Waals surface area contributed by atoms with Crippen LogP contribution in [0, 0.1) is 0 Å². The average Bonchev–Trinajstić information content (AvgIpc) is 2.06. The molecular formula is C6H7N3O2. The van der Waals surface area contributed by atoms with Crippen molar-refractivity contribution >= 4 is 6.21 Å². The van der Waals surface area contributed by atoms with E-state index in [0.717, 1.165) is 0 Å². The fourth-order valence-electron chi connectivity index (χ4n) is 0.583. The summed E-state index contributed by atoms with van der Waals surface area (Å²) in [4.78, 5) is 7.60. The van der Waals surface area contributed by atoms with E-state index in [4.69, 9.17) is 9.94 Å². The van der Waals surface area contributed by atoms with Crippen LogP contribution in [0.3, 0.4) is 0 Å². The third-order valence-corrected chi connectivity index (χ3v) is 1.03. The Kier molecular flexibility index (Phi) is 2.37. The predicted molar refractivity (Wildman–Crippen MR) is 38.0 cm³/mol. The van der Waals surface area contributed by atoms with E-state index in [-0.39, 0.29) is 6.01 Å². The molecule has 0 amide bonds. The Balaban J connectivity index is 2.91. The van der Waals surface area contributed by atoms with Crippen LogP contribution in [-0.2, 0) is 0 Å². The van der Waals surface area contributed by atoms with E-state index in [1.807, 2.05) is 0 Å². The molecule has 1 rings (SSSR count). The van der Waals surface area contributed by atoms with Gasteiger partial charge in [0, 0.05) is 6.20 Å². The maximum absolute atomic E-state index is 8.15. The van der Waals surface area contributed by atoms with Gasteiger partial charge in [-0.05, 0) is 6.07 Å². The van der Waals surface area contributed by atoms with E-state index < -0.39 is 0 Å². The Bertz CT molecular complexity index is 262. The van der Waals surface area contributed by atoms with Gasteiger partial charge in [0.2, 0.25) is 0 Å². The molecule has 1 aromatic rings. The SMILES string of the molecule is COc1nccc(/C=N/O)n1. The Hall–Kier alpha value is -1.65. The van der Waals surface area contributed by atoms with Crippen LogP contribution in [0.1, 0.15) is 5.69 Å². The van der Waals surface area contributed by atoms with Crippen LogP contribution in [0.2, 0.25) is 0 Å². The molecule has 58 valence electrons. The molecule has 1 heterocycles. The third kappa shape index (κ3) is 1.89. The second-order valence-electron chi connectivity index (χ2n) is 1.71. The number of ether oxygens (including phenoxy) is 1. The Labute approximate surface area is 63.4 Å². The second kappa shape index (κ2) is 3.50. The van der Waals surface area contributed by atoms with Crippen LogP contribution in [0.15, 0.2) is 17.4 Å². The van der Waals surface area contributed by atoms with Crippen molar-refractivity contribution < 1.29 is 9.94 Å². The molecule has 0 aliphatic carbocycles. The molecule has 0 aliphatic rings. The molecule has 0 fully saturated rings. The minimum atomic E-state index is 0.252. The van der Waals surface area contributed by atoms with E-state index >= 15 is 0 Å². The molecule has 0 saturated carbocycles. The van der Waals surface area contributed by atoms with E-state index in [9.17, 15) is 0 Å². The summed E-state index contributed by atoms with van der Waals surface area (Å²) in [5.41, 5.74) is 0.499. The summed E-state index contributed by atoms with van der Waals surface area (Å²) in [5, 5.41) is 11.0. The van der Waals surface area contributed by atoms with Crippen LogP contribution in [0.5, 0.6) is 6.01 Å². The van der Waals surface area contributed by atoms with Crippen molar-refractivity contribution in [2.45, 2.75) is 0 Å². The number of rotatable bonds is 2. The molecular weight excluding hydrogens is 146 g/mol. The Morgan fingerprint density at radius 1 is 1.73 bits per heavy atom. The largest absolute Gasteiger partial charge is 0.467 e. The highest BCUT2D eigenvalue weighted by molar-refractivity contribution is 5.76. The molecule has 5 heteroatoms. The van der Waals surface area contributed by atoms with Crippen LogP contribution < -0.4 is 4.74 Å². The molecule has 0 aromatic carbocycles. The van der Waals surface area contributed by atoms with Crippen LogP contribution in [0.25, 0.3) is 0 Å². The highest BCUT2D eigenvalue weighted by Crippen LogP contribution is 1.98. The summed E-state index contributed by atoms with van der Waals surface area (Å²) < 4.78 is 4.74. The second-order valence-corrected chi connectivity index (χ2v) is 1.71. The smallest absolute Gasteiger partial charge is 0.316 e. The first kappa shape index (κ1) is 7.46. The van der Waals surface area contributed by atoms with Gasteiger partial charge in [0.1, 0.15) is 0 Å². The summed E-state index contributed by atoms with van der Waals surface area (Å²) in [6, 6.07) is 1.85. The number of methoxy groups -OCH3 is 1. The monoisotopic (exact) mass is 153 g/mol. The van der Waals surface area contributed by atoms with Gasteiger partial charge in [-0.15, -0.1) is 0 Å². The van der Waals surface area contributed by atoms with Gasteiger partial charge in [-0.2, -0.15) is 4.98 Å². The molecule has 0 bridgehead atoms. The van der Waals surface area contributed by atoms with Gasteiger partial charge in [-0.1, -0.05) is 5.16 Å². The fourth-order valence-corrected chi connectivity index (χ4v) is 0.583. The van der Waals surface area contributed by atoms with Crippen molar-refractivity contribution in [2.75, 3.05) is 7.11 Å². The molecule has 0 saturated heterocycles. The Morgan fingerprint density at radius 3 is 3.18 bits per heavy atom. The average molecular weight is 153 g/mol. The Morgan fingerprint density at radius 2 is 2.55 bits per heavy atom. The summed E-state index contributed by atoms with van der Waals surface area (Å²) in [7, 11) is 1.47. The summed E-state index contributed by atoms with van der Waals surface area (Å²) >= 11 is 0. The predicted octanol–water partition coefficient (Wildman–Crippen LogP) is 0.293. The van der Waals surface area contributed by atoms with Gasteiger partial charge in [0.25, 0.3) is 0 Å². The lowest BCUT2D eigenvalue weighted by molar-refractivity contribution is 0.321. The number of hydrogen-bond acceptors (Lipinski definition) is 5. The van der Waals surface area contributed by atoms with E-state index in [1.165, 1.54) is 19.5 Å². The van der Waals surface area contributed by atoms with Crippen molar-refractivity contribution in [3.05, 3.63) is 18.0 Å². The third-order valence-electron chi connectivity index (χ3n) is 1.03. The maximum atomic E-state index is 8.15. The lowest BCUT2D eigenvalue weighted by Gasteiger charge is -1.95. The van der Waals surface area contributed by atoms with Gasteiger partial charge in [0.15, 0.2) is 0 Å². The lowest BCUT2D eigenvalue weighted by atomic mass is 10.4. The highest BCUT2D eigenvalue weighted by atomic mass is 16.5. The highest BCUT2D eigenvalue weighted by Gasteiger charge is 1.94. The van der Waals surface area contributed by atoms with Crippen molar-refractivity contribution in [3.8, 4) is 6.01 Å². The van der Waals surface area contributed by atoms with Crippen LogP contribution in [-0.4, -0.2) is 28.5 Å². The van der Waals surface area contributed by atoms with E-state index in [1.54, 1.807) is 6.07 Å². The zero-order valence-electron chi connectivity index (χ0n) is 5.93. The first-order valence-corrected chi connectivity index (χ1v) is 2.91. The van der Waals surface area contributed by atoms with Gasteiger partial charge in [-0.3, -0.25) is 0 Å². The van der Waals surface area contributed by atoms with Gasteiger partial charge in [0.05, 0.1) is 19.0 Å². The van der Waals surface area contributed by atoms with Crippen LogP contribution >= 0.6 is 0 Å². The molecule has 0 atom stereocenters. The van der Waals surface area contributed by atoms with Crippen molar-refractivity contribution in [1.29, 1.82) is 0 Å². The zero-order chi connectivity index (χ0) is 8.10. The standard InChI is InChI=1S/C6H7N3O2/c1-11-6-7-3-2-5(9-6)4-8-10/h2-4,10H,1H3/b8-4+. The van der Waals surface area contributed by atoms with Crippen molar-refractivity contribution in [3.63, 3.8) is 0 Å². The summed E-state index contributed by atoms with van der Waals surface area (Å²) in [6.07, 6.45) is 2.72. The van der Waals surface area contributed by atoms with E-state index in [0.29, 0.717) is 5.69 Å². The maximum Gasteiger partial charge on any atom is 0.316 e. The van der Waals surface area contributed by atoms with E-state index in [2.05, 4.69) is 15.1 Å². The van der Waals surface area contributed by atoms with Gasteiger partial charge >= 0.3 is 6.01 Å². The molecule has 0 unspecified atom stereocenters. The molecule has 0 spiro atoms. The molecule has 11 heavy (non-hydrogen) atoms. The summed E-state index contributed by atoms with van der Waals surface area (Å²) in [5.74, 6) is 0. The fraction of sp³-hybridized carbons (Fsp3) is 0.167. The number of nitrogens with zero attached hydrogens (tertiary/aromatic N) is 3. The van der Waals surface area contributed by atoms with Crippen molar-refractivity contribution in [1.82, 2.24) is 9.97 Å². The lowest BCUT2D eigenvalue weighted by Crippen LogP contribution is -1.94. The number of aromatic nitrogens is 2. The normalized spacial score (nSPS) is 10.3. The first-order chi connectivity index (χ1) is 5.36. The van der Waals surface area contributed by atoms with Gasteiger partial charge < -0.3 is 9.94 Å². The quantitative estimate of drug-likeness (QED) is 0.376. The molecule has 5 nitrogen and oxygen atoms in total. The number of oxime groups is 1. The minimum absolute atomic E-state index is 0.252.